The first-order valence-electron chi connectivity index (χ1n) is 8.61. The van der Waals surface area contributed by atoms with E-state index in [1.54, 1.807) is 22.1 Å². The van der Waals surface area contributed by atoms with Gasteiger partial charge < -0.3 is 9.80 Å². The topological polar surface area (TPSA) is 53.5 Å². The van der Waals surface area contributed by atoms with Crippen LogP contribution in [-0.2, 0) is 11.2 Å². The van der Waals surface area contributed by atoms with E-state index in [4.69, 9.17) is 0 Å². The minimum atomic E-state index is -0.106. The molecule has 0 N–H and O–H groups in total. The first-order valence-corrected chi connectivity index (χ1v) is 8.61. The smallest absolute Gasteiger partial charge is 0.254 e. The maximum absolute atomic E-state index is 12.7. The highest BCUT2D eigenvalue weighted by molar-refractivity contribution is 6.01. The van der Waals surface area contributed by atoms with Gasteiger partial charge in [-0.2, -0.15) is 0 Å². The Morgan fingerprint density at radius 3 is 2.48 bits per heavy atom. The summed E-state index contributed by atoms with van der Waals surface area (Å²) in [4.78, 5) is 32.9. The standard InChI is InChI=1S/C20H23N3O2/c1-4-17-12-16(5-6-21-17)20(25)22-7-8-23(19(24)13-22)18-10-14(2)9-15(3)11-18/h5-6,9-12H,4,7-8,13H2,1-3H3. The number of rotatable bonds is 3. The van der Waals surface area contributed by atoms with Crippen molar-refractivity contribution in [3.05, 3.63) is 58.9 Å². The van der Waals surface area contributed by atoms with Crippen molar-refractivity contribution >= 4 is 17.5 Å². The van der Waals surface area contributed by atoms with Crippen molar-refractivity contribution in [1.82, 2.24) is 9.88 Å². The van der Waals surface area contributed by atoms with Gasteiger partial charge in [0.25, 0.3) is 5.91 Å². The molecule has 1 fully saturated rings. The maximum Gasteiger partial charge on any atom is 0.254 e. The molecule has 5 nitrogen and oxygen atoms in total. The predicted molar refractivity (Wildman–Crippen MR) is 97.8 cm³/mol. The Labute approximate surface area is 148 Å². The summed E-state index contributed by atoms with van der Waals surface area (Å²) in [5.74, 6) is -0.153. The van der Waals surface area contributed by atoms with Gasteiger partial charge in [0.2, 0.25) is 5.91 Å². The summed E-state index contributed by atoms with van der Waals surface area (Å²) in [6.45, 7) is 7.20. The zero-order valence-corrected chi connectivity index (χ0v) is 15.0. The number of hydrogen-bond acceptors (Lipinski definition) is 3. The lowest BCUT2D eigenvalue weighted by atomic mass is 10.1. The number of carbonyl (C=O) groups excluding carboxylic acids is 2. The van der Waals surface area contributed by atoms with Crippen molar-refractivity contribution in [2.75, 3.05) is 24.5 Å². The molecule has 0 radical (unpaired) electrons. The SMILES string of the molecule is CCc1cc(C(=O)N2CCN(c3cc(C)cc(C)c3)C(=O)C2)ccn1. The molecule has 3 rings (SSSR count). The predicted octanol–water partition coefficient (Wildman–Crippen LogP) is 2.75. The Morgan fingerprint density at radius 2 is 1.84 bits per heavy atom. The summed E-state index contributed by atoms with van der Waals surface area (Å²) < 4.78 is 0. The largest absolute Gasteiger partial charge is 0.328 e. The molecule has 5 heteroatoms. The highest BCUT2D eigenvalue weighted by Gasteiger charge is 2.28. The molecule has 1 aromatic carbocycles. The lowest BCUT2D eigenvalue weighted by Crippen LogP contribution is -2.52. The molecule has 0 aliphatic carbocycles. The quantitative estimate of drug-likeness (QED) is 0.865. The van der Waals surface area contributed by atoms with Gasteiger partial charge in [-0.1, -0.05) is 13.0 Å². The highest BCUT2D eigenvalue weighted by atomic mass is 16.2. The molecule has 1 aliphatic heterocycles. The molecule has 130 valence electrons. The molecule has 1 aliphatic rings. The van der Waals surface area contributed by atoms with Gasteiger partial charge in [0.05, 0.1) is 0 Å². The molecular formula is C20H23N3O2. The van der Waals surface area contributed by atoms with Crippen molar-refractivity contribution in [3.8, 4) is 0 Å². The van der Waals surface area contributed by atoms with E-state index in [2.05, 4.69) is 11.1 Å². The van der Waals surface area contributed by atoms with E-state index in [-0.39, 0.29) is 18.4 Å². The third kappa shape index (κ3) is 3.71. The first-order chi connectivity index (χ1) is 12.0. The molecule has 0 spiro atoms. The van der Waals surface area contributed by atoms with Crippen LogP contribution in [0.5, 0.6) is 0 Å². The number of amides is 2. The fourth-order valence-electron chi connectivity index (χ4n) is 3.21. The van der Waals surface area contributed by atoms with Crippen molar-refractivity contribution in [2.24, 2.45) is 0 Å². The minimum absolute atomic E-state index is 0.0469. The molecule has 0 saturated carbocycles. The minimum Gasteiger partial charge on any atom is -0.328 e. The highest BCUT2D eigenvalue weighted by Crippen LogP contribution is 2.21. The summed E-state index contributed by atoms with van der Waals surface area (Å²) in [6.07, 6.45) is 2.43. The van der Waals surface area contributed by atoms with Crippen LogP contribution in [-0.4, -0.2) is 41.3 Å². The van der Waals surface area contributed by atoms with Crippen LogP contribution in [0.4, 0.5) is 5.69 Å². The van der Waals surface area contributed by atoms with Crippen LogP contribution in [0, 0.1) is 13.8 Å². The van der Waals surface area contributed by atoms with Crippen LogP contribution < -0.4 is 4.90 Å². The summed E-state index contributed by atoms with van der Waals surface area (Å²) in [7, 11) is 0. The monoisotopic (exact) mass is 337 g/mol. The third-order valence-electron chi connectivity index (χ3n) is 4.45. The first kappa shape index (κ1) is 17.1. The number of hydrogen-bond donors (Lipinski definition) is 0. The average molecular weight is 337 g/mol. The van der Waals surface area contributed by atoms with E-state index in [0.29, 0.717) is 18.7 Å². The van der Waals surface area contributed by atoms with Crippen molar-refractivity contribution in [1.29, 1.82) is 0 Å². The lowest BCUT2D eigenvalue weighted by Gasteiger charge is -2.34. The van der Waals surface area contributed by atoms with E-state index in [9.17, 15) is 9.59 Å². The summed E-state index contributed by atoms with van der Waals surface area (Å²) in [5, 5.41) is 0. The summed E-state index contributed by atoms with van der Waals surface area (Å²) in [6, 6.07) is 9.63. The molecule has 0 bridgehead atoms. The average Bonchev–Trinajstić information content (AvgIpc) is 2.60. The number of carbonyl (C=O) groups is 2. The number of aryl methyl sites for hydroxylation is 3. The Morgan fingerprint density at radius 1 is 1.12 bits per heavy atom. The zero-order chi connectivity index (χ0) is 18.0. The Balaban J connectivity index is 1.75. The molecule has 0 unspecified atom stereocenters. The van der Waals surface area contributed by atoms with Crippen molar-refractivity contribution in [3.63, 3.8) is 0 Å². The lowest BCUT2D eigenvalue weighted by molar-refractivity contribution is -0.120. The van der Waals surface area contributed by atoms with Gasteiger partial charge >= 0.3 is 0 Å². The number of nitrogens with zero attached hydrogens (tertiary/aromatic N) is 3. The number of aromatic nitrogens is 1. The number of anilines is 1. The van der Waals surface area contributed by atoms with Crippen LogP contribution in [0.15, 0.2) is 36.5 Å². The van der Waals surface area contributed by atoms with Gasteiger partial charge in [0.15, 0.2) is 0 Å². The van der Waals surface area contributed by atoms with E-state index in [1.807, 2.05) is 39.0 Å². The molecule has 2 heterocycles. The molecule has 0 atom stereocenters. The van der Waals surface area contributed by atoms with E-state index in [0.717, 1.165) is 28.9 Å². The van der Waals surface area contributed by atoms with Gasteiger partial charge in [-0.3, -0.25) is 14.6 Å². The number of benzene rings is 1. The Kier molecular flexibility index (Phi) is 4.83. The summed E-state index contributed by atoms with van der Waals surface area (Å²) in [5.41, 5.74) is 4.65. The van der Waals surface area contributed by atoms with E-state index < -0.39 is 0 Å². The van der Waals surface area contributed by atoms with E-state index >= 15 is 0 Å². The Hall–Kier alpha value is -2.69. The summed E-state index contributed by atoms with van der Waals surface area (Å²) >= 11 is 0. The molecule has 1 saturated heterocycles. The maximum atomic E-state index is 12.7. The Bertz CT molecular complexity index is 796. The number of piperazine rings is 1. The normalized spacial score (nSPS) is 14.8. The zero-order valence-electron chi connectivity index (χ0n) is 15.0. The van der Waals surface area contributed by atoms with Crippen LogP contribution in [0.2, 0.25) is 0 Å². The van der Waals surface area contributed by atoms with Gasteiger partial charge in [0.1, 0.15) is 6.54 Å². The number of pyridine rings is 1. The van der Waals surface area contributed by atoms with Crippen molar-refractivity contribution < 1.29 is 9.59 Å². The van der Waals surface area contributed by atoms with Gasteiger partial charge in [0, 0.05) is 36.2 Å². The second-order valence-electron chi connectivity index (χ2n) is 6.51. The van der Waals surface area contributed by atoms with Gasteiger partial charge in [-0.15, -0.1) is 0 Å². The third-order valence-corrected chi connectivity index (χ3v) is 4.45. The molecule has 1 aromatic heterocycles. The van der Waals surface area contributed by atoms with Crippen LogP contribution in [0.3, 0.4) is 0 Å². The van der Waals surface area contributed by atoms with E-state index in [1.165, 1.54) is 0 Å². The second kappa shape index (κ2) is 7.05. The fourth-order valence-corrected chi connectivity index (χ4v) is 3.21. The molecule has 2 amide bonds. The van der Waals surface area contributed by atoms with Gasteiger partial charge in [-0.05, 0) is 55.7 Å². The second-order valence-corrected chi connectivity index (χ2v) is 6.51. The molecular weight excluding hydrogens is 314 g/mol. The van der Waals surface area contributed by atoms with Crippen molar-refractivity contribution in [2.45, 2.75) is 27.2 Å². The fraction of sp³-hybridized carbons (Fsp3) is 0.350. The van der Waals surface area contributed by atoms with Crippen LogP contribution >= 0.6 is 0 Å². The molecule has 2 aromatic rings. The van der Waals surface area contributed by atoms with Crippen LogP contribution in [0.1, 0.15) is 34.1 Å². The van der Waals surface area contributed by atoms with Crippen LogP contribution in [0.25, 0.3) is 0 Å². The van der Waals surface area contributed by atoms with Gasteiger partial charge in [-0.25, -0.2) is 0 Å². The molecule has 25 heavy (non-hydrogen) atoms.